The van der Waals surface area contributed by atoms with Gasteiger partial charge < -0.3 is 15.5 Å². The predicted molar refractivity (Wildman–Crippen MR) is 62.0 cm³/mol. The highest BCUT2D eigenvalue weighted by Crippen LogP contribution is 1.99. The fourth-order valence-corrected chi connectivity index (χ4v) is 1.70. The second-order valence-electron chi connectivity index (χ2n) is 4.03. The Morgan fingerprint density at radius 3 is 2.80 bits per heavy atom. The molecule has 2 N–H and O–H groups in total. The summed E-state index contributed by atoms with van der Waals surface area (Å²) in [6.07, 6.45) is 4.77. The van der Waals surface area contributed by atoms with Crippen LogP contribution in [-0.2, 0) is 0 Å². The van der Waals surface area contributed by atoms with E-state index in [1.807, 2.05) is 4.90 Å². The zero-order valence-electron chi connectivity index (χ0n) is 9.72. The second kappa shape index (κ2) is 7.51. The normalized spacial score (nSPS) is 15.8. The van der Waals surface area contributed by atoms with Crippen LogP contribution >= 0.6 is 0 Å². The fourth-order valence-electron chi connectivity index (χ4n) is 1.70. The summed E-state index contributed by atoms with van der Waals surface area (Å²) in [6.45, 7) is 7.00. The zero-order valence-corrected chi connectivity index (χ0v) is 9.72. The maximum absolute atomic E-state index is 11.2. The monoisotopic (exact) mass is 213 g/mol. The highest BCUT2D eigenvalue weighted by atomic mass is 16.2. The third-order valence-electron chi connectivity index (χ3n) is 2.68. The van der Waals surface area contributed by atoms with Crippen LogP contribution in [0.4, 0.5) is 4.79 Å². The average molecular weight is 213 g/mol. The molecular formula is C11H23N3O. The van der Waals surface area contributed by atoms with Crippen molar-refractivity contribution in [3.05, 3.63) is 0 Å². The molecule has 0 spiro atoms. The topological polar surface area (TPSA) is 44.4 Å². The third kappa shape index (κ3) is 5.02. The molecule has 0 unspecified atom stereocenters. The molecule has 4 nitrogen and oxygen atoms in total. The molecule has 0 aromatic heterocycles. The molecule has 1 aliphatic rings. The van der Waals surface area contributed by atoms with Gasteiger partial charge in [0.05, 0.1) is 0 Å². The third-order valence-corrected chi connectivity index (χ3v) is 2.68. The van der Waals surface area contributed by atoms with Crippen molar-refractivity contribution in [2.45, 2.75) is 32.6 Å². The van der Waals surface area contributed by atoms with E-state index in [0.29, 0.717) is 0 Å². The molecule has 1 aliphatic heterocycles. The summed E-state index contributed by atoms with van der Waals surface area (Å²) in [5.41, 5.74) is 0. The Kier molecular flexibility index (Phi) is 6.16. The van der Waals surface area contributed by atoms with E-state index in [4.69, 9.17) is 0 Å². The van der Waals surface area contributed by atoms with Gasteiger partial charge in [0.1, 0.15) is 0 Å². The van der Waals surface area contributed by atoms with Crippen molar-refractivity contribution in [1.29, 1.82) is 0 Å². The van der Waals surface area contributed by atoms with E-state index in [9.17, 15) is 4.79 Å². The first kappa shape index (κ1) is 12.3. The molecule has 2 amide bonds. The minimum Gasteiger partial charge on any atom is -0.336 e. The van der Waals surface area contributed by atoms with Gasteiger partial charge in [0.25, 0.3) is 0 Å². The van der Waals surface area contributed by atoms with Crippen LogP contribution in [0.1, 0.15) is 32.6 Å². The molecule has 0 bridgehead atoms. The van der Waals surface area contributed by atoms with E-state index in [1.54, 1.807) is 0 Å². The van der Waals surface area contributed by atoms with Crippen LogP contribution in [0.5, 0.6) is 0 Å². The predicted octanol–water partition coefficient (Wildman–Crippen LogP) is 1.18. The Hall–Kier alpha value is -0.770. The number of hydrogen-bond donors (Lipinski definition) is 2. The molecule has 0 saturated carbocycles. The number of nitrogens with zero attached hydrogens (tertiary/aromatic N) is 1. The first-order valence-electron chi connectivity index (χ1n) is 6.08. The van der Waals surface area contributed by atoms with Gasteiger partial charge in [0.2, 0.25) is 0 Å². The van der Waals surface area contributed by atoms with Gasteiger partial charge in [0, 0.05) is 19.6 Å². The fraction of sp³-hybridized carbons (Fsp3) is 0.909. The summed E-state index contributed by atoms with van der Waals surface area (Å²) in [7, 11) is 0. The van der Waals surface area contributed by atoms with Gasteiger partial charge in [-0.1, -0.05) is 13.3 Å². The van der Waals surface area contributed by atoms with E-state index >= 15 is 0 Å². The summed E-state index contributed by atoms with van der Waals surface area (Å²) in [5, 5.41) is 6.21. The number of urea groups is 1. The van der Waals surface area contributed by atoms with Gasteiger partial charge in [-0.05, 0) is 32.4 Å². The SMILES string of the molecule is CCCCNCCCCN1CCNC1=O. The van der Waals surface area contributed by atoms with Gasteiger partial charge in [0.15, 0.2) is 0 Å². The van der Waals surface area contributed by atoms with Crippen molar-refractivity contribution in [3.8, 4) is 0 Å². The lowest BCUT2D eigenvalue weighted by atomic mass is 10.3. The first-order valence-corrected chi connectivity index (χ1v) is 6.08. The summed E-state index contributed by atoms with van der Waals surface area (Å²) >= 11 is 0. The van der Waals surface area contributed by atoms with E-state index < -0.39 is 0 Å². The zero-order chi connectivity index (χ0) is 10.9. The molecular weight excluding hydrogens is 190 g/mol. The van der Waals surface area contributed by atoms with Crippen molar-refractivity contribution < 1.29 is 4.79 Å². The molecule has 0 aliphatic carbocycles. The summed E-state index contributed by atoms with van der Waals surface area (Å²) in [4.78, 5) is 13.1. The van der Waals surface area contributed by atoms with Gasteiger partial charge in [-0.2, -0.15) is 0 Å². The highest BCUT2D eigenvalue weighted by Gasteiger charge is 2.17. The maximum Gasteiger partial charge on any atom is 0.317 e. The average Bonchev–Trinajstić information content (AvgIpc) is 2.63. The van der Waals surface area contributed by atoms with Crippen LogP contribution in [0.3, 0.4) is 0 Å². The number of carbonyl (C=O) groups is 1. The molecule has 0 radical (unpaired) electrons. The quantitative estimate of drug-likeness (QED) is 0.595. The molecule has 0 aromatic rings. The number of nitrogens with one attached hydrogen (secondary N) is 2. The van der Waals surface area contributed by atoms with Crippen LogP contribution in [0.15, 0.2) is 0 Å². The van der Waals surface area contributed by atoms with E-state index in [0.717, 1.165) is 45.6 Å². The number of carbonyl (C=O) groups excluding carboxylic acids is 1. The number of amides is 2. The van der Waals surface area contributed by atoms with Gasteiger partial charge in [-0.15, -0.1) is 0 Å². The molecule has 88 valence electrons. The standard InChI is InChI=1S/C11H23N3O/c1-2-3-6-12-7-4-5-9-14-10-8-13-11(14)15/h12H,2-10H2,1H3,(H,13,15). The largest absolute Gasteiger partial charge is 0.336 e. The number of unbranched alkanes of at least 4 members (excludes halogenated alkanes) is 2. The molecule has 1 saturated heterocycles. The maximum atomic E-state index is 11.2. The Morgan fingerprint density at radius 1 is 1.33 bits per heavy atom. The molecule has 1 heterocycles. The van der Waals surface area contributed by atoms with Gasteiger partial charge in [-0.25, -0.2) is 4.79 Å². The van der Waals surface area contributed by atoms with Crippen LogP contribution in [0, 0.1) is 0 Å². The van der Waals surface area contributed by atoms with Crippen LogP contribution in [0.2, 0.25) is 0 Å². The minimum absolute atomic E-state index is 0.106. The molecule has 0 atom stereocenters. The summed E-state index contributed by atoms with van der Waals surface area (Å²) in [6, 6.07) is 0.106. The Balaban J connectivity index is 1.86. The van der Waals surface area contributed by atoms with Crippen LogP contribution in [-0.4, -0.2) is 43.7 Å². The second-order valence-corrected chi connectivity index (χ2v) is 4.03. The van der Waals surface area contributed by atoms with Gasteiger partial charge in [-0.3, -0.25) is 0 Å². The van der Waals surface area contributed by atoms with Crippen LogP contribution in [0.25, 0.3) is 0 Å². The molecule has 1 rings (SSSR count). The lowest BCUT2D eigenvalue weighted by Gasteiger charge is -2.13. The Bertz CT molecular complexity index is 185. The smallest absolute Gasteiger partial charge is 0.317 e. The molecule has 4 heteroatoms. The number of rotatable bonds is 8. The lowest BCUT2D eigenvalue weighted by Crippen LogP contribution is -2.29. The van der Waals surface area contributed by atoms with Crippen molar-refractivity contribution in [2.24, 2.45) is 0 Å². The van der Waals surface area contributed by atoms with Crippen LogP contribution < -0.4 is 10.6 Å². The van der Waals surface area contributed by atoms with E-state index in [-0.39, 0.29) is 6.03 Å². The number of hydrogen-bond acceptors (Lipinski definition) is 2. The minimum atomic E-state index is 0.106. The molecule has 1 fully saturated rings. The highest BCUT2D eigenvalue weighted by molar-refractivity contribution is 5.76. The van der Waals surface area contributed by atoms with Crippen molar-refractivity contribution in [3.63, 3.8) is 0 Å². The van der Waals surface area contributed by atoms with Crippen molar-refractivity contribution in [1.82, 2.24) is 15.5 Å². The van der Waals surface area contributed by atoms with E-state index in [1.165, 1.54) is 12.8 Å². The molecule has 15 heavy (non-hydrogen) atoms. The Labute approximate surface area is 92.4 Å². The summed E-state index contributed by atoms with van der Waals surface area (Å²) in [5.74, 6) is 0. The van der Waals surface area contributed by atoms with Crippen molar-refractivity contribution in [2.75, 3.05) is 32.7 Å². The van der Waals surface area contributed by atoms with E-state index in [2.05, 4.69) is 17.6 Å². The van der Waals surface area contributed by atoms with Gasteiger partial charge >= 0.3 is 6.03 Å². The van der Waals surface area contributed by atoms with Crippen molar-refractivity contribution >= 4 is 6.03 Å². The summed E-state index contributed by atoms with van der Waals surface area (Å²) < 4.78 is 0. The first-order chi connectivity index (χ1) is 7.34. The Morgan fingerprint density at radius 2 is 2.13 bits per heavy atom. The lowest BCUT2D eigenvalue weighted by molar-refractivity contribution is 0.216. The molecule has 0 aromatic carbocycles.